The number of nitrogens with one attached hydrogen (secondary N) is 1. The Balaban J connectivity index is 1.49. The third-order valence-electron chi connectivity index (χ3n) is 8.58. The van der Waals surface area contributed by atoms with Crippen LogP contribution in [0.2, 0.25) is 0 Å². The number of hydrogen-bond donors (Lipinski definition) is 1. The Labute approximate surface area is 252 Å². The molecule has 2 fully saturated rings. The molecule has 4 amide bonds. The van der Waals surface area contributed by atoms with Crippen molar-refractivity contribution in [1.29, 1.82) is 0 Å². The van der Waals surface area contributed by atoms with Crippen LogP contribution >= 0.6 is 0 Å². The number of amides is 4. The van der Waals surface area contributed by atoms with Gasteiger partial charge in [-0.1, -0.05) is 81.3 Å². The van der Waals surface area contributed by atoms with E-state index in [4.69, 9.17) is 4.74 Å². The number of benzene rings is 3. The molecule has 0 saturated carbocycles. The summed E-state index contributed by atoms with van der Waals surface area (Å²) in [6, 6.07) is 20.0. The fourth-order valence-corrected chi connectivity index (χ4v) is 6.41. The number of carbonyl (C=O) groups is 3. The number of piperazine rings is 1. The highest BCUT2D eigenvalue weighted by molar-refractivity contribution is 5.92. The van der Waals surface area contributed by atoms with Crippen LogP contribution in [0, 0.1) is 5.92 Å². The van der Waals surface area contributed by atoms with E-state index in [2.05, 4.69) is 12.2 Å². The Morgan fingerprint density at radius 2 is 1.79 bits per heavy atom. The predicted octanol–water partition coefficient (Wildman–Crippen LogP) is 4.91. The molecule has 0 aromatic heterocycles. The van der Waals surface area contributed by atoms with Crippen LogP contribution in [0.3, 0.4) is 0 Å². The number of ether oxygens (including phenoxy) is 1. The standard InChI is InChI=1S/C33H40FN5O4/c1-4-9-24(5-2)31-32(41)36(19-26-12-8-11-25-10-6-7-13-28(25)26)20-29-38(31)30(40)21-37(22-34)39(29)33(42)35-18-23-14-16-27(43-3)17-15-23/h6-8,10-17,24,29,31H,4-5,9,18-22H2,1-3H3,(H,35,42)/t24?,29-,31-/m0/s1. The number of nitrogens with zero attached hydrogens (tertiary/aromatic N) is 4. The minimum Gasteiger partial charge on any atom is -0.497 e. The van der Waals surface area contributed by atoms with Gasteiger partial charge in [-0.2, -0.15) is 5.01 Å². The number of alkyl halides is 1. The van der Waals surface area contributed by atoms with Crippen molar-refractivity contribution in [3.63, 3.8) is 0 Å². The van der Waals surface area contributed by atoms with E-state index in [0.717, 1.165) is 39.7 Å². The molecule has 0 spiro atoms. The van der Waals surface area contributed by atoms with Gasteiger partial charge in [-0.15, -0.1) is 0 Å². The number of halogens is 1. The van der Waals surface area contributed by atoms with Gasteiger partial charge in [-0.05, 0) is 46.4 Å². The molecule has 3 aromatic rings. The molecule has 2 aliphatic rings. The second-order valence-electron chi connectivity index (χ2n) is 11.2. The van der Waals surface area contributed by atoms with Crippen molar-refractivity contribution in [3.05, 3.63) is 77.9 Å². The van der Waals surface area contributed by atoms with E-state index in [0.29, 0.717) is 18.7 Å². The Morgan fingerprint density at radius 3 is 2.49 bits per heavy atom. The zero-order chi connectivity index (χ0) is 30.5. The molecular weight excluding hydrogens is 549 g/mol. The topological polar surface area (TPSA) is 85.4 Å². The largest absolute Gasteiger partial charge is 0.497 e. The first-order valence-corrected chi connectivity index (χ1v) is 15.0. The van der Waals surface area contributed by atoms with Crippen LogP contribution in [0.1, 0.15) is 44.2 Å². The van der Waals surface area contributed by atoms with Gasteiger partial charge in [0.1, 0.15) is 24.5 Å². The molecular formula is C33H40FN5O4. The zero-order valence-electron chi connectivity index (χ0n) is 25.0. The fourth-order valence-electron chi connectivity index (χ4n) is 6.41. The maximum absolute atomic E-state index is 14.4. The highest BCUT2D eigenvalue weighted by Gasteiger charge is 2.53. The van der Waals surface area contributed by atoms with E-state index >= 15 is 0 Å². The van der Waals surface area contributed by atoms with Gasteiger partial charge in [0.25, 0.3) is 0 Å². The molecule has 2 heterocycles. The van der Waals surface area contributed by atoms with Gasteiger partial charge in [0.15, 0.2) is 6.80 Å². The minimum atomic E-state index is -1.01. The molecule has 228 valence electrons. The molecule has 3 atom stereocenters. The van der Waals surface area contributed by atoms with E-state index in [-0.39, 0.29) is 37.4 Å². The van der Waals surface area contributed by atoms with Crippen LogP contribution in [-0.2, 0) is 22.7 Å². The van der Waals surface area contributed by atoms with E-state index in [1.165, 1.54) is 5.01 Å². The lowest BCUT2D eigenvalue weighted by Crippen LogP contribution is -2.77. The van der Waals surface area contributed by atoms with Crippen LogP contribution in [0.15, 0.2) is 66.7 Å². The van der Waals surface area contributed by atoms with Crippen molar-refractivity contribution in [3.8, 4) is 5.75 Å². The second-order valence-corrected chi connectivity index (χ2v) is 11.2. The maximum Gasteiger partial charge on any atom is 0.334 e. The van der Waals surface area contributed by atoms with Crippen molar-refractivity contribution in [2.24, 2.45) is 5.92 Å². The average molecular weight is 590 g/mol. The van der Waals surface area contributed by atoms with Gasteiger partial charge in [0.05, 0.1) is 13.7 Å². The molecule has 2 saturated heterocycles. The second kappa shape index (κ2) is 13.4. The maximum atomic E-state index is 14.4. The van der Waals surface area contributed by atoms with Crippen LogP contribution in [0.25, 0.3) is 10.8 Å². The van der Waals surface area contributed by atoms with Crippen molar-refractivity contribution in [2.75, 3.05) is 27.0 Å². The molecule has 0 aliphatic carbocycles. The molecule has 2 aliphatic heterocycles. The number of rotatable bonds is 10. The summed E-state index contributed by atoms with van der Waals surface area (Å²) in [6.45, 7) is 3.33. The lowest BCUT2D eigenvalue weighted by atomic mass is 9.87. The Kier molecular flexibility index (Phi) is 9.45. The Bertz CT molecular complexity index is 1450. The highest BCUT2D eigenvalue weighted by Crippen LogP contribution is 2.34. The van der Waals surface area contributed by atoms with Gasteiger partial charge in [-0.3, -0.25) is 9.59 Å². The van der Waals surface area contributed by atoms with E-state index in [1.54, 1.807) is 29.0 Å². The molecule has 3 aromatic carbocycles. The predicted molar refractivity (Wildman–Crippen MR) is 162 cm³/mol. The number of fused-ring (bicyclic) bond motifs is 2. The zero-order valence-corrected chi connectivity index (χ0v) is 25.0. The van der Waals surface area contributed by atoms with Crippen LogP contribution in [-0.4, -0.2) is 76.9 Å². The minimum absolute atomic E-state index is 0.0688. The summed E-state index contributed by atoms with van der Waals surface area (Å²) in [5, 5.41) is 7.44. The van der Waals surface area contributed by atoms with Crippen molar-refractivity contribution < 1.29 is 23.5 Å². The van der Waals surface area contributed by atoms with E-state index < -0.39 is 25.0 Å². The summed E-state index contributed by atoms with van der Waals surface area (Å²) < 4.78 is 19.7. The summed E-state index contributed by atoms with van der Waals surface area (Å²) in [6.07, 6.45) is 1.44. The Hall–Kier alpha value is -4.18. The summed E-state index contributed by atoms with van der Waals surface area (Å²) in [7, 11) is 1.58. The lowest BCUT2D eigenvalue weighted by molar-refractivity contribution is -0.199. The SMILES string of the molecule is CCCC(CC)[C@H]1C(=O)N(Cc2cccc3ccccc23)C[C@H]2N1C(=O)CN(CF)N2C(=O)NCc1ccc(OC)cc1. The van der Waals surface area contributed by atoms with E-state index in [9.17, 15) is 18.8 Å². The van der Waals surface area contributed by atoms with Crippen LogP contribution < -0.4 is 10.1 Å². The number of methoxy groups -OCH3 is 1. The third kappa shape index (κ3) is 6.15. The quantitative estimate of drug-likeness (QED) is 0.340. The van der Waals surface area contributed by atoms with Gasteiger partial charge < -0.3 is 19.9 Å². The van der Waals surface area contributed by atoms with Gasteiger partial charge in [0.2, 0.25) is 11.8 Å². The van der Waals surface area contributed by atoms with Crippen molar-refractivity contribution in [1.82, 2.24) is 25.1 Å². The van der Waals surface area contributed by atoms with Crippen molar-refractivity contribution >= 4 is 28.6 Å². The van der Waals surface area contributed by atoms with Crippen LogP contribution in [0.4, 0.5) is 9.18 Å². The van der Waals surface area contributed by atoms with Crippen molar-refractivity contribution in [2.45, 2.75) is 58.4 Å². The smallest absolute Gasteiger partial charge is 0.334 e. The molecule has 9 nitrogen and oxygen atoms in total. The number of hydrogen-bond acceptors (Lipinski definition) is 5. The lowest BCUT2D eigenvalue weighted by Gasteiger charge is -2.55. The summed E-state index contributed by atoms with van der Waals surface area (Å²) in [5.41, 5.74) is 1.82. The van der Waals surface area contributed by atoms with Gasteiger partial charge in [0, 0.05) is 13.1 Å². The van der Waals surface area contributed by atoms with Gasteiger partial charge >= 0.3 is 6.03 Å². The molecule has 0 bridgehead atoms. The monoisotopic (exact) mass is 589 g/mol. The molecule has 0 radical (unpaired) electrons. The summed E-state index contributed by atoms with van der Waals surface area (Å²) in [5.74, 6) is 0.121. The fraction of sp³-hybridized carbons (Fsp3) is 0.424. The first kappa shape index (κ1) is 30.3. The summed E-state index contributed by atoms with van der Waals surface area (Å²) in [4.78, 5) is 44.9. The average Bonchev–Trinajstić information content (AvgIpc) is 3.03. The molecule has 5 rings (SSSR count). The van der Waals surface area contributed by atoms with E-state index in [1.807, 2.05) is 61.5 Å². The number of carbonyl (C=O) groups excluding carboxylic acids is 3. The van der Waals surface area contributed by atoms with Gasteiger partial charge in [-0.25, -0.2) is 14.2 Å². The number of hydrazine groups is 1. The molecule has 43 heavy (non-hydrogen) atoms. The first-order valence-electron chi connectivity index (χ1n) is 15.0. The van der Waals surface area contributed by atoms with Crippen LogP contribution in [0.5, 0.6) is 5.75 Å². The Morgan fingerprint density at radius 1 is 1.05 bits per heavy atom. The molecule has 1 unspecified atom stereocenters. The summed E-state index contributed by atoms with van der Waals surface area (Å²) >= 11 is 0. The number of urea groups is 1. The first-order chi connectivity index (χ1) is 20.9. The third-order valence-corrected chi connectivity index (χ3v) is 8.58. The molecule has 10 heteroatoms. The normalized spacial score (nSPS) is 19.9. The highest BCUT2D eigenvalue weighted by atomic mass is 19.1. The molecule has 1 N–H and O–H groups in total.